The van der Waals surface area contributed by atoms with Crippen LogP contribution in [0, 0.1) is 0 Å². The standard InChI is InChI=1S/C26H32N12O3.CH2O2/c1-15(2)38-34-23(33-35-38)21-19(39)20(40)25(41-21)37-14-30-18-22(28-11-16-7-5-4-6-8-16)31-26(32-24(18)37)27-10-9-17-12-36(3)13-29-17;2-1-3/h4-8,12-15,19-21,25,39-40H,9-11H2,1-3H3,(H2,27,28,31,32);1H,(H,2,3)/t19-,20+,21-,25+;/m0./s1. The Balaban J connectivity index is 0.00000123. The molecule has 6 rings (SSSR count). The van der Waals surface area contributed by atoms with E-state index >= 15 is 0 Å². The summed E-state index contributed by atoms with van der Waals surface area (Å²) in [4.78, 5) is 28.1. The maximum absolute atomic E-state index is 11.0. The third-order valence-corrected chi connectivity index (χ3v) is 6.82. The molecule has 5 aromatic rings. The quantitative estimate of drug-likeness (QED) is 0.141. The first kappa shape index (κ1) is 30.5. The van der Waals surface area contributed by atoms with Crippen LogP contribution >= 0.6 is 0 Å². The minimum atomic E-state index is -1.29. The van der Waals surface area contributed by atoms with Gasteiger partial charge < -0.3 is 35.3 Å². The van der Waals surface area contributed by atoms with Crippen molar-refractivity contribution in [1.82, 2.24) is 49.3 Å². The first-order chi connectivity index (χ1) is 21.3. The number of ether oxygens (including phenoxy) is 1. The third-order valence-electron chi connectivity index (χ3n) is 6.82. The molecular formula is C27H34N12O5. The van der Waals surface area contributed by atoms with Gasteiger partial charge in [0.25, 0.3) is 6.47 Å². The molecule has 0 aliphatic carbocycles. The molecule has 17 heteroatoms. The van der Waals surface area contributed by atoms with Crippen molar-refractivity contribution in [3.63, 3.8) is 0 Å². The van der Waals surface area contributed by atoms with E-state index in [9.17, 15) is 10.2 Å². The summed E-state index contributed by atoms with van der Waals surface area (Å²) in [5.74, 6) is 1.08. The van der Waals surface area contributed by atoms with Crippen molar-refractivity contribution in [3.05, 3.63) is 66.3 Å². The van der Waals surface area contributed by atoms with Crippen molar-refractivity contribution >= 4 is 29.4 Å². The van der Waals surface area contributed by atoms with Crippen LogP contribution in [0.2, 0.25) is 0 Å². The number of carbonyl (C=O) groups is 1. The van der Waals surface area contributed by atoms with Crippen LogP contribution in [0.1, 0.15) is 49.3 Å². The normalized spacial score (nSPS) is 19.6. The lowest BCUT2D eigenvalue weighted by Crippen LogP contribution is -2.29. The van der Waals surface area contributed by atoms with Gasteiger partial charge in [0.2, 0.25) is 11.8 Å². The highest BCUT2D eigenvalue weighted by molar-refractivity contribution is 5.84. The number of nitrogens with zero attached hydrogens (tertiary/aromatic N) is 10. The molecule has 4 atom stereocenters. The highest BCUT2D eigenvalue weighted by Crippen LogP contribution is 2.39. The number of aryl methyl sites for hydroxylation is 1. The van der Waals surface area contributed by atoms with Crippen LogP contribution in [0.25, 0.3) is 11.2 Å². The number of benzene rings is 1. The summed E-state index contributed by atoms with van der Waals surface area (Å²) in [6.45, 7) is 4.65. The fourth-order valence-electron chi connectivity index (χ4n) is 4.66. The Hall–Kier alpha value is -5.00. The molecule has 17 nitrogen and oxygen atoms in total. The van der Waals surface area contributed by atoms with E-state index < -0.39 is 24.5 Å². The number of hydrogen-bond donors (Lipinski definition) is 5. The third kappa shape index (κ3) is 6.64. The summed E-state index contributed by atoms with van der Waals surface area (Å²) in [7, 11) is 1.93. The van der Waals surface area contributed by atoms with E-state index in [2.05, 4.69) is 41.0 Å². The van der Waals surface area contributed by atoms with Gasteiger partial charge in [-0.1, -0.05) is 30.3 Å². The summed E-state index contributed by atoms with van der Waals surface area (Å²) in [5.41, 5.74) is 2.94. The summed E-state index contributed by atoms with van der Waals surface area (Å²) >= 11 is 0. The van der Waals surface area contributed by atoms with Crippen LogP contribution in [0.4, 0.5) is 11.8 Å². The highest BCUT2D eigenvalue weighted by atomic mass is 16.6. The zero-order valence-corrected chi connectivity index (χ0v) is 24.3. The summed E-state index contributed by atoms with van der Waals surface area (Å²) in [6, 6.07) is 9.93. The summed E-state index contributed by atoms with van der Waals surface area (Å²) in [6.07, 6.45) is 1.37. The Labute approximate surface area is 251 Å². The van der Waals surface area contributed by atoms with Gasteiger partial charge in [0.15, 0.2) is 29.3 Å². The van der Waals surface area contributed by atoms with Crippen LogP contribution in [0.3, 0.4) is 0 Å². The lowest BCUT2D eigenvalue weighted by atomic mass is 10.1. The Morgan fingerprint density at radius 1 is 1.07 bits per heavy atom. The highest BCUT2D eigenvalue weighted by Gasteiger charge is 2.47. The number of aliphatic hydroxyl groups excluding tert-OH is 2. The number of carboxylic acid groups (broad SMARTS) is 1. The van der Waals surface area contributed by atoms with Gasteiger partial charge in [-0.3, -0.25) is 9.36 Å². The maximum Gasteiger partial charge on any atom is 0.290 e. The van der Waals surface area contributed by atoms with Gasteiger partial charge in [-0.2, -0.15) is 14.8 Å². The number of nitrogens with one attached hydrogen (secondary N) is 2. The van der Waals surface area contributed by atoms with E-state index in [0.29, 0.717) is 42.4 Å². The van der Waals surface area contributed by atoms with Crippen molar-refractivity contribution in [2.24, 2.45) is 7.05 Å². The molecule has 44 heavy (non-hydrogen) atoms. The zero-order valence-electron chi connectivity index (χ0n) is 24.3. The minimum absolute atomic E-state index is 0.0183. The molecule has 1 fully saturated rings. The molecular weight excluding hydrogens is 572 g/mol. The van der Waals surface area contributed by atoms with E-state index in [0.717, 1.165) is 11.3 Å². The monoisotopic (exact) mass is 606 g/mol. The molecule has 0 amide bonds. The lowest BCUT2D eigenvalue weighted by Gasteiger charge is -2.17. The molecule has 1 aliphatic heterocycles. The fourth-order valence-corrected chi connectivity index (χ4v) is 4.66. The Morgan fingerprint density at radius 2 is 1.84 bits per heavy atom. The van der Waals surface area contributed by atoms with Gasteiger partial charge in [0.1, 0.15) is 12.2 Å². The number of fused-ring (bicyclic) bond motifs is 1. The lowest BCUT2D eigenvalue weighted by molar-refractivity contribution is -0.122. The Bertz CT molecular complexity index is 1670. The molecule has 1 aromatic carbocycles. The van der Waals surface area contributed by atoms with Crippen LogP contribution in [-0.2, 0) is 29.5 Å². The predicted octanol–water partition coefficient (Wildman–Crippen LogP) is 1.09. The molecule has 0 spiro atoms. The van der Waals surface area contributed by atoms with Crippen molar-refractivity contribution in [3.8, 4) is 0 Å². The first-order valence-corrected chi connectivity index (χ1v) is 13.9. The number of imidazole rings is 2. The largest absolute Gasteiger partial charge is 0.483 e. The van der Waals surface area contributed by atoms with Crippen LogP contribution in [0.15, 0.2) is 49.2 Å². The molecule has 0 bridgehead atoms. The molecule has 5 N–H and O–H groups in total. The second-order valence-electron chi connectivity index (χ2n) is 10.4. The molecule has 232 valence electrons. The average Bonchev–Trinajstić information content (AvgIpc) is 3.81. The molecule has 5 heterocycles. The van der Waals surface area contributed by atoms with E-state index in [1.165, 1.54) is 11.1 Å². The molecule has 0 saturated carbocycles. The van der Waals surface area contributed by atoms with Crippen molar-refractivity contribution in [2.75, 3.05) is 17.2 Å². The van der Waals surface area contributed by atoms with Crippen molar-refractivity contribution in [2.45, 2.75) is 57.4 Å². The predicted molar refractivity (Wildman–Crippen MR) is 156 cm³/mol. The molecule has 0 unspecified atom stereocenters. The van der Waals surface area contributed by atoms with Gasteiger partial charge in [-0.25, -0.2) is 9.97 Å². The molecule has 0 radical (unpaired) electrons. The van der Waals surface area contributed by atoms with Gasteiger partial charge in [0, 0.05) is 32.8 Å². The zero-order chi connectivity index (χ0) is 31.2. The van der Waals surface area contributed by atoms with Gasteiger partial charge in [-0.15, -0.1) is 10.2 Å². The first-order valence-electron chi connectivity index (χ1n) is 13.9. The van der Waals surface area contributed by atoms with Crippen LogP contribution < -0.4 is 10.6 Å². The van der Waals surface area contributed by atoms with E-state index in [-0.39, 0.29) is 18.3 Å². The smallest absolute Gasteiger partial charge is 0.290 e. The number of tetrazole rings is 1. The van der Waals surface area contributed by atoms with Gasteiger partial charge in [-0.05, 0) is 24.6 Å². The molecule has 1 aliphatic rings. The van der Waals surface area contributed by atoms with E-state index in [1.54, 1.807) is 10.9 Å². The number of aromatic nitrogens is 10. The number of hydrogen-bond acceptors (Lipinski definition) is 13. The van der Waals surface area contributed by atoms with E-state index in [1.807, 2.05) is 62.0 Å². The topological polar surface area (TPSA) is 216 Å². The van der Waals surface area contributed by atoms with Crippen LogP contribution in [-0.4, -0.2) is 89.8 Å². The van der Waals surface area contributed by atoms with Crippen molar-refractivity contribution < 1.29 is 24.9 Å². The maximum atomic E-state index is 11.0. The number of rotatable bonds is 10. The van der Waals surface area contributed by atoms with E-state index in [4.69, 9.17) is 19.6 Å². The van der Waals surface area contributed by atoms with Gasteiger partial charge in [0.05, 0.1) is 24.4 Å². The second-order valence-corrected chi connectivity index (χ2v) is 10.4. The Kier molecular flexibility index (Phi) is 9.37. The molecule has 4 aromatic heterocycles. The van der Waals surface area contributed by atoms with Crippen LogP contribution in [0.5, 0.6) is 0 Å². The number of aliphatic hydroxyl groups is 2. The SMILES string of the molecule is CC(C)n1nnc([C@H]2O[C@@H](n3cnc4c(NCc5ccccc5)nc(NCCc5cn(C)cn5)nc43)[C@H](O)[C@@H]2O)n1.O=CO. The average molecular weight is 607 g/mol. The fraction of sp³-hybridized carbons (Fsp3) is 0.407. The summed E-state index contributed by atoms with van der Waals surface area (Å²) in [5, 5.41) is 47.8. The van der Waals surface area contributed by atoms with Gasteiger partial charge >= 0.3 is 0 Å². The summed E-state index contributed by atoms with van der Waals surface area (Å²) < 4.78 is 9.59. The molecule has 1 saturated heterocycles. The Morgan fingerprint density at radius 3 is 2.52 bits per heavy atom. The minimum Gasteiger partial charge on any atom is -0.483 e. The number of anilines is 2. The van der Waals surface area contributed by atoms with Crippen molar-refractivity contribution in [1.29, 1.82) is 0 Å². The second kappa shape index (κ2) is 13.5.